The number of carbonyl (C=O) groups is 2. The topological polar surface area (TPSA) is 119 Å². The molecule has 0 fully saturated rings. The van der Waals surface area contributed by atoms with E-state index in [1.165, 1.54) is 12.0 Å². The fourth-order valence-corrected chi connectivity index (χ4v) is 5.54. The Morgan fingerprint density at radius 2 is 1.56 bits per heavy atom. The normalized spacial score (nSPS) is 12.0. The Labute approximate surface area is 227 Å². The summed E-state index contributed by atoms with van der Waals surface area (Å²) >= 11 is 0. The molecule has 1 unspecified atom stereocenters. The second kappa shape index (κ2) is 11.5. The van der Waals surface area contributed by atoms with Gasteiger partial charge in [0, 0.05) is 36.3 Å². The minimum Gasteiger partial charge on any atom is -0.497 e. The number of benzene rings is 3. The highest BCUT2D eigenvalue weighted by atomic mass is 32.2. The summed E-state index contributed by atoms with van der Waals surface area (Å²) in [6.45, 7) is 1.62. The molecule has 0 saturated heterocycles. The first-order valence-corrected chi connectivity index (χ1v) is 13.5. The molecule has 204 valence electrons. The number of nitrogens with one attached hydrogen (secondary N) is 2. The van der Waals surface area contributed by atoms with Crippen LogP contribution < -0.4 is 24.4 Å². The molecule has 0 saturated carbocycles. The van der Waals surface area contributed by atoms with E-state index in [4.69, 9.17) is 9.47 Å². The maximum atomic E-state index is 13.5. The van der Waals surface area contributed by atoms with Crippen LogP contribution in [0.15, 0.2) is 78.9 Å². The van der Waals surface area contributed by atoms with E-state index in [1.807, 2.05) is 30.3 Å². The zero-order chi connectivity index (χ0) is 28.2. The molecule has 0 aliphatic rings. The number of ether oxygens (including phenoxy) is 2. The van der Waals surface area contributed by atoms with Crippen molar-refractivity contribution in [2.75, 3.05) is 26.2 Å². The lowest BCUT2D eigenvalue weighted by Crippen LogP contribution is -2.53. The lowest BCUT2D eigenvalue weighted by Gasteiger charge is -2.25. The van der Waals surface area contributed by atoms with E-state index >= 15 is 0 Å². The van der Waals surface area contributed by atoms with Crippen LogP contribution in [0.2, 0.25) is 0 Å². The van der Waals surface area contributed by atoms with Crippen LogP contribution in [-0.4, -0.2) is 51.6 Å². The third kappa shape index (κ3) is 6.15. The van der Waals surface area contributed by atoms with Crippen LogP contribution in [0.3, 0.4) is 0 Å². The van der Waals surface area contributed by atoms with Gasteiger partial charge in [-0.25, -0.2) is 13.5 Å². The number of rotatable bonds is 9. The number of amides is 3. The van der Waals surface area contributed by atoms with Crippen LogP contribution in [0.1, 0.15) is 11.3 Å². The summed E-state index contributed by atoms with van der Waals surface area (Å²) in [4.78, 5) is 28.0. The van der Waals surface area contributed by atoms with Crippen LogP contribution in [-0.2, 0) is 21.4 Å². The molecule has 10 nitrogen and oxygen atoms in total. The zero-order valence-electron chi connectivity index (χ0n) is 22.0. The number of aryl methyl sites for hydroxylation is 1. The van der Waals surface area contributed by atoms with Crippen molar-refractivity contribution in [2.45, 2.75) is 19.4 Å². The Bertz CT molecular complexity index is 1580. The molecular formula is C28H30N4O6S. The largest absolute Gasteiger partial charge is 0.497 e. The molecule has 11 heteroatoms. The molecule has 4 aromatic rings. The predicted octanol–water partition coefficient (Wildman–Crippen LogP) is 3.63. The number of hydrogen-bond acceptors (Lipinski definition) is 6. The van der Waals surface area contributed by atoms with Gasteiger partial charge in [-0.15, -0.1) is 0 Å². The third-order valence-electron chi connectivity index (χ3n) is 6.28. The smallest absolute Gasteiger partial charge is 0.331 e. The zero-order valence-corrected chi connectivity index (χ0v) is 22.9. The number of carbonyl (C=O) groups excluding carboxylic acids is 2. The minimum atomic E-state index is -4.36. The quantitative estimate of drug-likeness (QED) is 0.329. The van der Waals surface area contributed by atoms with Crippen LogP contribution in [0.4, 0.5) is 10.5 Å². The lowest BCUT2D eigenvalue weighted by molar-refractivity contribution is -0.120. The first-order valence-electron chi connectivity index (χ1n) is 12.1. The minimum absolute atomic E-state index is 0.149. The predicted molar refractivity (Wildman–Crippen MR) is 150 cm³/mol. The molecule has 0 radical (unpaired) electrons. The van der Waals surface area contributed by atoms with E-state index < -0.39 is 28.2 Å². The van der Waals surface area contributed by atoms with Crippen molar-refractivity contribution >= 4 is 38.7 Å². The van der Waals surface area contributed by atoms with Gasteiger partial charge in [0.1, 0.15) is 17.5 Å². The van der Waals surface area contributed by atoms with E-state index in [-0.39, 0.29) is 6.42 Å². The monoisotopic (exact) mass is 550 g/mol. The van der Waals surface area contributed by atoms with Crippen molar-refractivity contribution < 1.29 is 27.5 Å². The molecule has 0 aliphatic carbocycles. The molecule has 3 amide bonds. The maximum absolute atomic E-state index is 13.5. The highest BCUT2D eigenvalue weighted by Gasteiger charge is 2.28. The summed E-state index contributed by atoms with van der Waals surface area (Å²) in [7, 11) is 0.249. The molecule has 1 heterocycles. The molecule has 0 bridgehead atoms. The molecular weight excluding hydrogens is 520 g/mol. The molecule has 3 aromatic carbocycles. The van der Waals surface area contributed by atoms with Gasteiger partial charge in [0.15, 0.2) is 0 Å². The van der Waals surface area contributed by atoms with Crippen molar-refractivity contribution in [1.29, 1.82) is 0 Å². The second-order valence-corrected chi connectivity index (χ2v) is 10.4. The third-order valence-corrected chi connectivity index (χ3v) is 7.69. The fourth-order valence-electron chi connectivity index (χ4n) is 4.31. The van der Waals surface area contributed by atoms with Gasteiger partial charge in [0.05, 0.1) is 19.7 Å². The van der Waals surface area contributed by atoms with Crippen LogP contribution in [0.25, 0.3) is 10.9 Å². The number of methoxy groups -OCH3 is 2. The van der Waals surface area contributed by atoms with Crippen LogP contribution in [0.5, 0.6) is 11.5 Å². The number of anilines is 1. The summed E-state index contributed by atoms with van der Waals surface area (Å²) in [6, 6.07) is 20.6. The maximum Gasteiger partial charge on any atom is 0.331 e. The summed E-state index contributed by atoms with van der Waals surface area (Å²) in [6.07, 6.45) is 0.149. The Kier molecular flexibility index (Phi) is 8.10. The van der Waals surface area contributed by atoms with Gasteiger partial charge in [-0.05, 0) is 55.0 Å². The Balaban J connectivity index is 1.59. The van der Waals surface area contributed by atoms with Gasteiger partial charge < -0.3 is 19.7 Å². The van der Waals surface area contributed by atoms with Crippen LogP contribution >= 0.6 is 0 Å². The number of fused-ring (bicyclic) bond motifs is 1. The van der Waals surface area contributed by atoms with E-state index in [9.17, 15) is 18.0 Å². The van der Waals surface area contributed by atoms with Crippen LogP contribution in [0, 0.1) is 6.92 Å². The number of nitrogens with zero attached hydrogens (tertiary/aromatic N) is 2. The van der Waals surface area contributed by atoms with Gasteiger partial charge in [0.2, 0.25) is 5.91 Å². The lowest BCUT2D eigenvalue weighted by atomic mass is 10.0. The van der Waals surface area contributed by atoms with Gasteiger partial charge in [-0.2, -0.15) is 8.42 Å². The number of hydrogen-bond donors (Lipinski definition) is 2. The molecule has 2 N–H and O–H groups in total. The average Bonchev–Trinajstić information content (AvgIpc) is 3.27. The summed E-state index contributed by atoms with van der Waals surface area (Å²) in [5.74, 6) is 0.675. The number of aromatic nitrogens is 1. The molecule has 4 rings (SSSR count). The first kappa shape index (κ1) is 27.5. The van der Waals surface area contributed by atoms with Crippen molar-refractivity contribution in [3.05, 3.63) is 90.1 Å². The van der Waals surface area contributed by atoms with E-state index in [0.717, 1.165) is 9.54 Å². The van der Waals surface area contributed by atoms with E-state index in [2.05, 4.69) is 10.0 Å². The summed E-state index contributed by atoms with van der Waals surface area (Å²) in [5, 5.41) is 3.23. The van der Waals surface area contributed by atoms with Crippen molar-refractivity contribution in [1.82, 2.24) is 14.0 Å². The average molecular weight is 551 g/mol. The molecule has 0 spiro atoms. The summed E-state index contributed by atoms with van der Waals surface area (Å²) in [5.41, 5.74) is 2.12. The molecule has 1 aromatic heterocycles. The van der Waals surface area contributed by atoms with Gasteiger partial charge in [0.25, 0.3) is 0 Å². The van der Waals surface area contributed by atoms with Crippen molar-refractivity contribution in [3.8, 4) is 11.5 Å². The van der Waals surface area contributed by atoms with E-state index in [1.54, 1.807) is 69.6 Å². The molecule has 0 aliphatic heterocycles. The standard InChI is InChI=1S/C28H30N4O6S/c1-19-16-21-10-13-24(38-4)18-26(21)32(19)39(35,36)30-28(34)29-25(17-20-8-6-5-7-9-20)27(33)31(2)22-11-14-23(37-3)15-12-22/h5-16,18,25H,17H2,1-4H3,(H2,29,30,34). The Morgan fingerprint density at radius 1 is 0.923 bits per heavy atom. The molecule has 39 heavy (non-hydrogen) atoms. The highest BCUT2D eigenvalue weighted by Crippen LogP contribution is 2.25. The number of likely N-dealkylation sites (N-methyl/N-ethyl adjacent to an activating group) is 1. The van der Waals surface area contributed by atoms with Crippen molar-refractivity contribution in [3.63, 3.8) is 0 Å². The summed E-state index contributed by atoms with van der Waals surface area (Å²) < 4.78 is 40.1. The Hall–Kier alpha value is -4.51. The second-order valence-electron chi connectivity index (χ2n) is 8.89. The number of urea groups is 1. The van der Waals surface area contributed by atoms with Gasteiger partial charge in [-0.1, -0.05) is 30.3 Å². The van der Waals surface area contributed by atoms with Gasteiger partial charge >= 0.3 is 16.2 Å². The van der Waals surface area contributed by atoms with Gasteiger partial charge in [-0.3, -0.25) is 4.79 Å². The Morgan fingerprint density at radius 3 is 2.21 bits per heavy atom. The van der Waals surface area contributed by atoms with E-state index in [0.29, 0.717) is 33.8 Å². The fraction of sp³-hybridized carbons (Fsp3) is 0.214. The highest BCUT2D eigenvalue weighted by molar-refractivity contribution is 7.88. The van der Waals surface area contributed by atoms with Crippen molar-refractivity contribution in [2.24, 2.45) is 0 Å². The SMILES string of the molecule is COc1ccc(N(C)C(=O)C(Cc2ccccc2)NC(=O)NS(=O)(=O)n2c(C)cc3ccc(OC)cc32)cc1. The first-order chi connectivity index (χ1) is 18.6. The molecule has 1 atom stereocenters.